The van der Waals surface area contributed by atoms with Gasteiger partial charge in [0.05, 0.1) is 11.7 Å². The summed E-state index contributed by atoms with van der Waals surface area (Å²) in [6.45, 7) is 1.73. The molecule has 1 aromatic carbocycles. The van der Waals surface area contributed by atoms with Crippen LogP contribution in [0.1, 0.15) is 24.0 Å². The summed E-state index contributed by atoms with van der Waals surface area (Å²) in [6, 6.07) is 5.22. The third-order valence-electron chi connectivity index (χ3n) is 3.63. The van der Waals surface area contributed by atoms with Crippen LogP contribution in [0.3, 0.4) is 0 Å². The van der Waals surface area contributed by atoms with E-state index >= 15 is 0 Å². The van der Waals surface area contributed by atoms with Crippen LogP contribution < -0.4 is 5.32 Å². The van der Waals surface area contributed by atoms with Crippen molar-refractivity contribution in [3.63, 3.8) is 0 Å². The molecule has 1 aliphatic rings. The predicted octanol–water partition coefficient (Wildman–Crippen LogP) is 2.61. The second kappa shape index (κ2) is 5.92. The molecule has 0 aliphatic carbocycles. The molecule has 1 atom stereocenters. The molecule has 0 bridgehead atoms. The maximum absolute atomic E-state index is 12.6. The molecular weight excluding hydrogens is 255 g/mol. The van der Waals surface area contributed by atoms with Gasteiger partial charge in [0.1, 0.15) is 0 Å². The van der Waals surface area contributed by atoms with Gasteiger partial charge in [-0.1, -0.05) is 18.2 Å². The van der Waals surface area contributed by atoms with Gasteiger partial charge in [0.15, 0.2) is 0 Å². The third-order valence-corrected chi connectivity index (χ3v) is 3.63. The normalized spacial score (nSPS) is 19.4. The summed E-state index contributed by atoms with van der Waals surface area (Å²) in [5.74, 6) is 0.177. The lowest BCUT2D eigenvalue weighted by Gasteiger charge is -2.27. The van der Waals surface area contributed by atoms with Crippen molar-refractivity contribution in [2.24, 2.45) is 5.92 Å². The number of rotatable bonds is 3. The maximum atomic E-state index is 12.6. The average molecular weight is 273 g/mol. The van der Waals surface area contributed by atoms with Crippen molar-refractivity contribution >= 4 is 0 Å². The summed E-state index contributed by atoms with van der Waals surface area (Å²) in [6.07, 6.45) is -2.85. The monoisotopic (exact) mass is 273 g/mol. The van der Waals surface area contributed by atoms with Crippen LogP contribution in [0.15, 0.2) is 24.3 Å². The van der Waals surface area contributed by atoms with Crippen molar-refractivity contribution in [2.45, 2.75) is 31.5 Å². The first kappa shape index (κ1) is 14.3. The van der Waals surface area contributed by atoms with Crippen molar-refractivity contribution in [2.75, 3.05) is 13.1 Å². The number of hydrogen-bond acceptors (Lipinski definition) is 2. The molecule has 0 radical (unpaired) electrons. The number of aliphatic hydroxyl groups excluding tert-OH is 1. The number of benzene rings is 1. The Kier molecular flexibility index (Phi) is 4.47. The SMILES string of the molecule is OC(Cc1cccc(C(F)(F)F)c1)C1CCNCC1. The van der Waals surface area contributed by atoms with Crippen LogP contribution in [0.5, 0.6) is 0 Å². The van der Waals surface area contributed by atoms with E-state index in [2.05, 4.69) is 5.32 Å². The van der Waals surface area contributed by atoms with Gasteiger partial charge in [-0.15, -0.1) is 0 Å². The van der Waals surface area contributed by atoms with E-state index in [-0.39, 0.29) is 12.3 Å². The van der Waals surface area contributed by atoms with E-state index in [1.807, 2.05) is 0 Å². The maximum Gasteiger partial charge on any atom is 0.416 e. The number of hydrogen-bond donors (Lipinski definition) is 2. The Morgan fingerprint density at radius 3 is 2.58 bits per heavy atom. The molecule has 1 fully saturated rings. The first-order valence-corrected chi connectivity index (χ1v) is 6.52. The molecule has 0 spiro atoms. The van der Waals surface area contributed by atoms with Gasteiger partial charge in [-0.25, -0.2) is 0 Å². The van der Waals surface area contributed by atoms with E-state index in [1.54, 1.807) is 6.07 Å². The van der Waals surface area contributed by atoms with Gasteiger partial charge < -0.3 is 10.4 Å². The summed E-state index contributed by atoms with van der Waals surface area (Å²) < 4.78 is 37.8. The highest BCUT2D eigenvalue weighted by Gasteiger charge is 2.30. The number of nitrogens with one attached hydrogen (secondary N) is 1. The quantitative estimate of drug-likeness (QED) is 0.887. The molecule has 1 aliphatic heterocycles. The lowest BCUT2D eigenvalue weighted by Crippen LogP contribution is -2.35. The van der Waals surface area contributed by atoms with Crippen LogP contribution in [0.4, 0.5) is 13.2 Å². The summed E-state index contributed by atoms with van der Waals surface area (Å²) in [5.41, 5.74) is -0.108. The highest BCUT2D eigenvalue weighted by atomic mass is 19.4. The lowest BCUT2D eigenvalue weighted by atomic mass is 9.88. The topological polar surface area (TPSA) is 32.3 Å². The van der Waals surface area contributed by atoms with Gasteiger partial charge in [-0.05, 0) is 49.9 Å². The van der Waals surface area contributed by atoms with Gasteiger partial charge in [0.2, 0.25) is 0 Å². The standard InChI is InChI=1S/C14H18F3NO/c15-14(16,17)12-3-1-2-10(8-12)9-13(19)11-4-6-18-7-5-11/h1-3,8,11,13,18-19H,4-7,9H2. The van der Waals surface area contributed by atoms with E-state index in [9.17, 15) is 18.3 Å². The Morgan fingerprint density at radius 1 is 1.26 bits per heavy atom. The first-order valence-electron chi connectivity index (χ1n) is 6.52. The van der Waals surface area contributed by atoms with Crippen molar-refractivity contribution < 1.29 is 18.3 Å². The molecule has 106 valence electrons. The van der Waals surface area contributed by atoms with Crippen LogP contribution >= 0.6 is 0 Å². The Labute approximate surface area is 110 Å². The van der Waals surface area contributed by atoms with Gasteiger partial charge in [-0.3, -0.25) is 0 Å². The Morgan fingerprint density at radius 2 is 1.95 bits per heavy atom. The molecule has 0 aromatic heterocycles. The molecule has 0 amide bonds. The van der Waals surface area contributed by atoms with Crippen LogP contribution in [0.2, 0.25) is 0 Å². The molecule has 1 aromatic rings. The molecule has 5 heteroatoms. The van der Waals surface area contributed by atoms with Crippen molar-refractivity contribution in [1.82, 2.24) is 5.32 Å². The minimum absolute atomic E-state index is 0.177. The van der Waals surface area contributed by atoms with E-state index in [1.165, 1.54) is 6.07 Å². The second-order valence-corrected chi connectivity index (χ2v) is 5.06. The minimum atomic E-state index is -4.32. The summed E-state index contributed by atoms with van der Waals surface area (Å²) in [4.78, 5) is 0. The second-order valence-electron chi connectivity index (χ2n) is 5.06. The average Bonchev–Trinajstić information content (AvgIpc) is 2.39. The number of alkyl halides is 3. The molecule has 1 heterocycles. The summed E-state index contributed by atoms with van der Waals surface area (Å²) in [5, 5.41) is 13.3. The van der Waals surface area contributed by atoms with E-state index in [0.717, 1.165) is 38.1 Å². The summed E-state index contributed by atoms with van der Waals surface area (Å²) >= 11 is 0. The molecule has 2 nitrogen and oxygen atoms in total. The zero-order valence-electron chi connectivity index (χ0n) is 10.6. The largest absolute Gasteiger partial charge is 0.416 e. The fraction of sp³-hybridized carbons (Fsp3) is 0.571. The molecule has 1 unspecified atom stereocenters. The Bertz CT molecular complexity index is 413. The van der Waals surface area contributed by atoms with Crippen LogP contribution in [0, 0.1) is 5.92 Å². The highest BCUT2D eigenvalue weighted by Crippen LogP contribution is 2.30. The van der Waals surface area contributed by atoms with Crippen molar-refractivity contribution in [1.29, 1.82) is 0 Å². The van der Waals surface area contributed by atoms with E-state index in [4.69, 9.17) is 0 Å². The smallest absolute Gasteiger partial charge is 0.392 e. The number of piperidine rings is 1. The van der Waals surface area contributed by atoms with Gasteiger partial charge in [0.25, 0.3) is 0 Å². The van der Waals surface area contributed by atoms with Crippen LogP contribution in [0.25, 0.3) is 0 Å². The molecule has 0 saturated carbocycles. The summed E-state index contributed by atoms with van der Waals surface area (Å²) in [7, 11) is 0. The molecule has 2 rings (SSSR count). The van der Waals surface area contributed by atoms with E-state index < -0.39 is 17.8 Å². The minimum Gasteiger partial charge on any atom is -0.392 e. The molecule has 2 N–H and O–H groups in total. The van der Waals surface area contributed by atoms with Gasteiger partial charge in [-0.2, -0.15) is 13.2 Å². The number of halogens is 3. The van der Waals surface area contributed by atoms with Gasteiger partial charge >= 0.3 is 6.18 Å². The lowest BCUT2D eigenvalue weighted by molar-refractivity contribution is -0.137. The van der Waals surface area contributed by atoms with Crippen LogP contribution in [-0.4, -0.2) is 24.3 Å². The highest BCUT2D eigenvalue weighted by molar-refractivity contribution is 5.26. The van der Waals surface area contributed by atoms with Crippen molar-refractivity contribution in [3.05, 3.63) is 35.4 Å². The predicted molar refractivity (Wildman–Crippen MR) is 66.7 cm³/mol. The van der Waals surface area contributed by atoms with E-state index in [0.29, 0.717) is 5.56 Å². The molecule has 1 saturated heterocycles. The zero-order valence-corrected chi connectivity index (χ0v) is 10.6. The zero-order chi connectivity index (χ0) is 13.9. The fourth-order valence-electron chi connectivity index (χ4n) is 2.51. The number of aliphatic hydroxyl groups is 1. The molecular formula is C14H18F3NO. The van der Waals surface area contributed by atoms with Crippen molar-refractivity contribution in [3.8, 4) is 0 Å². The molecule has 19 heavy (non-hydrogen) atoms. The first-order chi connectivity index (χ1) is 8.97. The Hall–Kier alpha value is -1.07. The Balaban J connectivity index is 2.02. The van der Waals surface area contributed by atoms with Gasteiger partial charge in [0, 0.05) is 0 Å². The van der Waals surface area contributed by atoms with Crippen LogP contribution in [-0.2, 0) is 12.6 Å². The third kappa shape index (κ3) is 3.94. The fourth-order valence-corrected chi connectivity index (χ4v) is 2.51.